The van der Waals surface area contributed by atoms with Crippen LogP contribution in [0.3, 0.4) is 0 Å². The van der Waals surface area contributed by atoms with Crippen LogP contribution in [0.25, 0.3) is 5.82 Å². The van der Waals surface area contributed by atoms with E-state index in [0.29, 0.717) is 11.5 Å². The van der Waals surface area contributed by atoms with Crippen LogP contribution in [0.1, 0.15) is 35.4 Å². The lowest BCUT2D eigenvalue weighted by Crippen LogP contribution is -2.48. The molecule has 3 heterocycles. The molecule has 144 valence electrons. The Morgan fingerprint density at radius 1 is 1.11 bits per heavy atom. The zero-order chi connectivity index (χ0) is 19.5. The Bertz CT molecular complexity index is 929. The van der Waals surface area contributed by atoms with Gasteiger partial charge in [0.15, 0.2) is 0 Å². The number of pyridine rings is 1. The van der Waals surface area contributed by atoms with Gasteiger partial charge in [-0.3, -0.25) is 14.8 Å². The lowest BCUT2D eigenvalue weighted by molar-refractivity contribution is 0.0709. The fourth-order valence-corrected chi connectivity index (χ4v) is 3.44. The van der Waals surface area contributed by atoms with Crippen LogP contribution in [-0.4, -0.2) is 49.7 Å². The van der Waals surface area contributed by atoms with Crippen molar-refractivity contribution < 1.29 is 4.79 Å². The minimum Gasteiger partial charge on any atom is -0.336 e. The molecule has 8 heteroatoms. The van der Waals surface area contributed by atoms with Crippen molar-refractivity contribution in [1.82, 2.24) is 35.5 Å². The number of hydrazine groups is 1. The molecule has 0 aliphatic carbocycles. The van der Waals surface area contributed by atoms with Gasteiger partial charge >= 0.3 is 0 Å². The topological polar surface area (TPSA) is 88.0 Å². The molecule has 1 aromatic carbocycles. The van der Waals surface area contributed by atoms with Crippen LogP contribution in [0, 0.1) is 0 Å². The standard InChI is InChI=1S/C20H23N7O/c1-14(17-11-18(25-24-17)15-7-4-3-5-8-15)26(2)20(28)16-9-6-10-19(23-16)27-12-21-22-13-27/h3-10,12-14,17-18,24-25H,11H2,1-2H3. The van der Waals surface area contributed by atoms with Gasteiger partial charge in [0.2, 0.25) is 0 Å². The molecule has 8 nitrogen and oxygen atoms in total. The Hall–Kier alpha value is -3.10. The van der Waals surface area contributed by atoms with Gasteiger partial charge < -0.3 is 4.90 Å². The van der Waals surface area contributed by atoms with Gasteiger partial charge in [-0.1, -0.05) is 36.4 Å². The second kappa shape index (κ2) is 7.87. The van der Waals surface area contributed by atoms with Crippen molar-refractivity contribution in [3.63, 3.8) is 0 Å². The first-order valence-corrected chi connectivity index (χ1v) is 9.28. The quantitative estimate of drug-likeness (QED) is 0.704. The minimum atomic E-state index is -0.118. The number of rotatable bonds is 5. The molecule has 1 aliphatic rings. The van der Waals surface area contributed by atoms with E-state index >= 15 is 0 Å². The third-order valence-electron chi connectivity index (χ3n) is 5.28. The van der Waals surface area contributed by atoms with E-state index in [1.807, 2.05) is 44.3 Å². The number of benzene rings is 1. The number of hydrogen-bond acceptors (Lipinski definition) is 6. The zero-order valence-electron chi connectivity index (χ0n) is 15.9. The van der Waals surface area contributed by atoms with E-state index in [-0.39, 0.29) is 24.0 Å². The maximum atomic E-state index is 13.0. The third kappa shape index (κ3) is 3.64. The number of nitrogens with zero attached hydrogens (tertiary/aromatic N) is 5. The van der Waals surface area contributed by atoms with Crippen LogP contribution in [-0.2, 0) is 0 Å². The van der Waals surface area contributed by atoms with E-state index in [1.54, 1.807) is 28.2 Å². The summed E-state index contributed by atoms with van der Waals surface area (Å²) >= 11 is 0. The van der Waals surface area contributed by atoms with Gasteiger partial charge in [0.1, 0.15) is 24.2 Å². The molecule has 2 aromatic heterocycles. The average Bonchev–Trinajstić information content (AvgIpc) is 3.45. The van der Waals surface area contributed by atoms with Crippen LogP contribution in [0.15, 0.2) is 61.2 Å². The highest BCUT2D eigenvalue weighted by Crippen LogP contribution is 2.25. The number of aromatic nitrogens is 4. The first-order valence-electron chi connectivity index (χ1n) is 9.28. The molecule has 3 atom stereocenters. The average molecular weight is 377 g/mol. The van der Waals surface area contributed by atoms with Crippen molar-refractivity contribution in [2.75, 3.05) is 7.05 Å². The molecular formula is C20H23N7O. The summed E-state index contributed by atoms with van der Waals surface area (Å²) in [6.07, 6.45) is 4.01. The SMILES string of the molecule is CC(C1CC(c2ccccc2)NN1)N(C)C(=O)c1cccc(-n2cnnc2)n1. The summed E-state index contributed by atoms with van der Waals surface area (Å²) in [4.78, 5) is 19.2. The van der Waals surface area contributed by atoms with E-state index in [0.717, 1.165) is 6.42 Å². The van der Waals surface area contributed by atoms with E-state index in [2.05, 4.69) is 38.2 Å². The van der Waals surface area contributed by atoms with E-state index in [9.17, 15) is 4.79 Å². The lowest BCUT2D eigenvalue weighted by atomic mass is 9.98. The summed E-state index contributed by atoms with van der Waals surface area (Å²) in [5.74, 6) is 0.495. The molecule has 4 rings (SSSR count). The van der Waals surface area contributed by atoms with Gasteiger partial charge in [0.25, 0.3) is 5.91 Å². The monoisotopic (exact) mass is 377 g/mol. The predicted octanol–water partition coefficient (Wildman–Crippen LogP) is 1.73. The van der Waals surface area contributed by atoms with E-state index < -0.39 is 0 Å². The van der Waals surface area contributed by atoms with Gasteiger partial charge in [-0.15, -0.1) is 10.2 Å². The van der Waals surface area contributed by atoms with Crippen molar-refractivity contribution in [3.8, 4) is 5.82 Å². The highest BCUT2D eigenvalue weighted by molar-refractivity contribution is 5.92. The smallest absolute Gasteiger partial charge is 0.272 e. The molecule has 0 saturated carbocycles. The molecule has 3 unspecified atom stereocenters. The van der Waals surface area contributed by atoms with Crippen molar-refractivity contribution in [1.29, 1.82) is 0 Å². The van der Waals surface area contributed by atoms with Gasteiger partial charge in [-0.25, -0.2) is 10.4 Å². The normalized spacial score (nSPS) is 20.1. The molecule has 1 saturated heterocycles. The number of carbonyl (C=O) groups excluding carboxylic acids is 1. The van der Waals surface area contributed by atoms with E-state index in [1.165, 1.54) is 5.56 Å². The van der Waals surface area contributed by atoms with Crippen LogP contribution in [0.2, 0.25) is 0 Å². The van der Waals surface area contributed by atoms with Gasteiger partial charge in [0.05, 0.1) is 0 Å². The molecule has 0 bridgehead atoms. The maximum absolute atomic E-state index is 13.0. The largest absolute Gasteiger partial charge is 0.336 e. The zero-order valence-corrected chi connectivity index (χ0v) is 15.9. The third-order valence-corrected chi connectivity index (χ3v) is 5.28. The maximum Gasteiger partial charge on any atom is 0.272 e. The molecular weight excluding hydrogens is 354 g/mol. The first kappa shape index (κ1) is 18.3. The summed E-state index contributed by atoms with van der Waals surface area (Å²) in [6.45, 7) is 2.05. The Morgan fingerprint density at radius 3 is 2.61 bits per heavy atom. The molecule has 0 radical (unpaired) electrons. The van der Waals surface area contributed by atoms with Crippen LogP contribution >= 0.6 is 0 Å². The second-order valence-electron chi connectivity index (χ2n) is 7.00. The van der Waals surface area contributed by atoms with Crippen LogP contribution in [0.5, 0.6) is 0 Å². The fraction of sp³-hybridized carbons (Fsp3) is 0.300. The number of amides is 1. The Morgan fingerprint density at radius 2 is 1.86 bits per heavy atom. The van der Waals surface area contributed by atoms with Crippen molar-refractivity contribution in [2.24, 2.45) is 0 Å². The molecule has 1 fully saturated rings. The van der Waals surface area contributed by atoms with Crippen molar-refractivity contribution in [3.05, 3.63) is 72.4 Å². The molecule has 0 spiro atoms. The fourth-order valence-electron chi connectivity index (χ4n) is 3.44. The molecule has 3 aromatic rings. The highest BCUT2D eigenvalue weighted by atomic mass is 16.2. The minimum absolute atomic E-state index is 0.00548. The van der Waals surface area contributed by atoms with Crippen molar-refractivity contribution in [2.45, 2.75) is 31.5 Å². The van der Waals surface area contributed by atoms with Crippen molar-refractivity contribution >= 4 is 5.91 Å². The summed E-state index contributed by atoms with van der Waals surface area (Å²) in [6, 6.07) is 16.0. The highest BCUT2D eigenvalue weighted by Gasteiger charge is 2.32. The summed E-state index contributed by atoms with van der Waals surface area (Å²) in [5.41, 5.74) is 8.32. The summed E-state index contributed by atoms with van der Waals surface area (Å²) < 4.78 is 1.67. The summed E-state index contributed by atoms with van der Waals surface area (Å²) in [7, 11) is 1.82. The van der Waals surface area contributed by atoms with Gasteiger partial charge in [-0.2, -0.15) is 0 Å². The number of nitrogens with one attached hydrogen (secondary N) is 2. The number of carbonyl (C=O) groups is 1. The number of likely N-dealkylation sites (N-methyl/N-ethyl adjacent to an activating group) is 1. The Kier molecular flexibility index (Phi) is 5.14. The number of hydrogen-bond donors (Lipinski definition) is 2. The second-order valence-corrected chi connectivity index (χ2v) is 7.00. The van der Waals surface area contributed by atoms with Gasteiger partial charge in [0, 0.05) is 25.2 Å². The molecule has 1 amide bonds. The van der Waals surface area contributed by atoms with Gasteiger partial charge in [-0.05, 0) is 31.0 Å². The molecule has 2 N–H and O–H groups in total. The van der Waals surface area contributed by atoms with E-state index in [4.69, 9.17) is 0 Å². The summed E-state index contributed by atoms with van der Waals surface area (Å²) in [5, 5.41) is 7.57. The molecule has 28 heavy (non-hydrogen) atoms. The predicted molar refractivity (Wildman–Crippen MR) is 105 cm³/mol. The Labute approximate surface area is 163 Å². The Balaban J connectivity index is 1.45. The van der Waals surface area contributed by atoms with Crippen LogP contribution in [0.4, 0.5) is 0 Å². The lowest BCUT2D eigenvalue weighted by Gasteiger charge is -2.29. The van der Waals surface area contributed by atoms with Crippen LogP contribution < -0.4 is 10.9 Å². The first-order chi connectivity index (χ1) is 13.6. The molecule has 1 aliphatic heterocycles.